The van der Waals surface area contributed by atoms with Crippen LogP contribution in [0.3, 0.4) is 0 Å². The standard InChI is InChI=1S/C21H22N2O5/c1-14-8-9-17(10-15(14)2)22-19(24)11-18-20(25)28-13-23(18)21(26)27-12-16-6-4-3-5-7-16/h3-10,18H,11-13H2,1-2H3,(H,22,24)/t18-/m1/s1. The van der Waals surface area contributed by atoms with Crippen LogP contribution >= 0.6 is 0 Å². The molecule has 1 atom stereocenters. The highest BCUT2D eigenvalue weighted by Gasteiger charge is 2.40. The van der Waals surface area contributed by atoms with Crippen molar-refractivity contribution < 1.29 is 23.9 Å². The third-order valence-electron chi connectivity index (χ3n) is 4.60. The molecular formula is C21H22N2O5. The zero-order chi connectivity index (χ0) is 20.1. The fraction of sp³-hybridized carbons (Fsp3) is 0.286. The Morgan fingerprint density at radius 2 is 1.89 bits per heavy atom. The molecule has 0 saturated carbocycles. The number of hydrogen-bond donors (Lipinski definition) is 1. The molecule has 1 N–H and O–H groups in total. The number of carbonyl (C=O) groups is 3. The van der Waals surface area contributed by atoms with Crippen LogP contribution in [0.15, 0.2) is 48.5 Å². The Hall–Kier alpha value is -3.35. The predicted octanol–water partition coefficient (Wildman–Crippen LogP) is 3.15. The van der Waals surface area contributed by atoms with Crippen molar-refractivity contribution in [1.29, 1.82) is 0 Å². The molecule has 0 unspecified atom stereocenters. The summed E-state index contributed by atoms with van der Waals surface area (Å²) in [7, 11) is 0. The van der Waals surface area contributed by atoms with Gasteiger partial charge in [0.2, 0.25) is 5.91 Å². The van der Waals surface area contributed by atoms with Crippen molar-refractivity contribution >= 4 is 23.7 Å². The summed E-state index contributed by atoms with van der Waals surface area (Å²) < 4.78 is 10.2. The van der Waals surface area contributed by atoms with E-state index in [4.69, 9.17) is 9.47 Å². The zero-order valence-electron chi connectivity index (χ0n) is 15.8. The maximum absolute atomic E-state index is 12.4. The number of carbonyl (C=O) groups excluding carboxylic acids is 3. The molecule has 146 valence electrons. The van der Waals surface area contributed by atoms with Crippen molar-refractivity contribution in [2.24, 2.45) is 0 Å². The highest BCUT2D eigenvalue weighted by molar-refractivity contribution is 5.96. The second kappa shape index (κ2) is 8.56. The SMILES string of the molecule is Cc1ccc(NC(=O)C[C@@H]2C(=O)OCN2C(=O)OCc2ccccc2)cc1C. The molecule has 0 aliphatic carbocycles. The Kier molecular flexibility index (Phi) is 5.93. The molecule has 1 fully saturated rings. The molecule has 0 bridgehead atoms. The highest BCUT2D eigenvalue weighted by Crippen LogP contribution is 2.19. The van der Waals surface area contributed by atoms with E-state index >= 15 is 0 Å². The lowest BCUT2D eigenvalue weighted by Gasteiger charge is -2.19. The molecule has 28 heavy (non-hydrogen) atoms. The molecule has 7 heteroatoms. The van der Waals surface area contributed by atoms with Gasteiger partial charge < -0.3 is 14.8 Å². The Labute approximate surface area is 163 Å². The zero-order valence-corrected chi connectivity index (χ0v) is 15.8. The average Bonchev–Trinajstić information content (AvgIpc) is 3.04. The van der Waals surface area contributed by atoms with E-state index < -0.39 is 18.1 Å². The fourth-order valence-corrected chi connectivity index (χ4v) is 2.83. The van der Waals surface area contributed by atoms with E-state index in [1.165, 1.54) is 0 Å². The minimum atomic E-state index is -1.00. The second-order valence-corrected chi connectivity index (χ2v) is 6.67. The lowest BCUT2D eigenvalue weighted by atomic mass is 10.1. The normalized spacial score (nSPS) is 15.9. The number of nitrogens with one attached hydrogen (secondary N) is 1. The molecule has 3 rings (SSSR count). The van der Waals surface area contributed by atoms with Gasteiger partial charge in [-0.2, -0.15) is 0 Å². The molecular weight excluding hydrogens is 360 g/mol. The van der Waals surface area contributed by atoms with Crippen LogP contribution in [-0.4, -0.2) is 35.6 Å². The molecule has 1 heterocycles. The molecule has 1 aliphatic rings. The van der Waals surface area contributed by atoms with Crippen LogP contribution in [0.4, 0.5) is 10.5 Å². The van der Waals surface area contributed by atoms with Crippen LogP contribution in [0.2, 0.25) is 0 Å². The summed E-state index contributed by atoms with van der Waals surface area (Å²) in [4.78, 5) is 37.8. The molecule has 1 aliphatic heterocycles. The fourth-order valence-electron chi connectivity index (χ4n) is 2.83. The lowest BCUT2D eigenvalue weighted by Crippen LogP contribution is -2.40. The van der Waals surface area contributed by atoms with E-state index in [0.717, 1.165) is 21.6 Å². The van der Waals surface area contributed by atoms with Crippen LogP contribution < -0.4 is 5.32 Å². The monoisotopic (exact) mass is 382 g/mol. The molecule has 0 aromatic heterocycles. The number of nitrogens with zero attached hydrogens (tertiary/aromatic N) is 1. The van der Waals surface area contributed by atoms with Crippen molar-refractivity contribution in [3.63, 3.8) is 0 Å². The first-order valence-corrected chi connectivity index (χ1v) is 8.95. The summed E-state index contributed by atoms with van der Waals surface area (Å²) in [6, 6.07) is 13.7. The number of esters is 1. The Balaban J connectivity index is 1.59. The Morgan fingerprint density at radius 1 is 1.14 bits per heavy atom. The van der Waals surface area contributed by atoms with Gasteiger partial charge in [-0.1, -0.05) is 36.4 Å². The van der Waals surface area contributed by atoms with E-state index in [2.05, 4.69) is 5.32 Å². The van der Waals surface area contributed by atoms with Crippen molar-refractivity contribution in [2.75, 3.05) is 12.0 Å². The van der Waals surface area contributed by atoms with Gasteiger partial charge >= 0.3 is 12.1 Å². The van der Waals surface area contributed by atoms with Gasteiger partial charge in [0.15, 0.2) is 6.73 Å². The van der Waals surface area contributed by atoms with Gasteiger partial charge in [0, 0.05) is 5.69 Å². The largest absolute Gasteiger partial charge is 0.444 e. The average molecular weight is 382 g/mol. The van der Waals surface area contributed by atoms with E-state index in [1.807, 2.05) is 56.3 Å². The number of rotatable bonds is 5. The van der Waals surface area contributed by atoms with E-state index in [0.29, 0.717) is 5.69 Å². The number of anilines is 1. The van der Waals surface area contributed by atoms with Gasteiger partial charge in [0.05, 0.1) is 6.42 Å². The van der Waals surface area contributed by atoms with Crippen LogP contribution in [0, 0.1) is 13.8 Å². The van der Waals surface area contributed by atoms with Crippen molar-refractivity contribution in [3.8, 4) is 0 Å². The van der Waals surface area contributed by atoms with Crippen LogP contribution in [0.5, 0.6) is 0 Å². The van der Waals surface area contributed by atoms with Gasteiger partial charge in [-0.25, -0.2) is 9.59 Å². The second-order valence-electron chi connectivity index (χ2n) is 6.67. The van der Waals surface area contributed by atoms with Crippen LogP contribution in [-0.2, 0) is 25.7 Å². The van der Waals surface area contributed by atoms with E-state index in [-0.39, 0.29) is 25.7 Å². The summed E-state index contributed by atoms with van der Waals surface area (Å²) in [5.41, 5.74) is 3.62. The highest BCUT2D eigenvalue weighted by atomic mass is 16.6. The minimum absolute atomic E-state index is 0.0753. The first-order chi connectivity index (χ1) is 13.4. The number of amides is 2. The quantitative estimate of drug-likeness (QED) is 0.803. The van der Waals surface area contributed by atoms with Crippen LogP contribution in [0.25, 0.3) is 0 Å². The van der Waals surface area contributed by atoms with Crippen molar-refractivity contribution in [2.45, 2.75) is 32.9 Å². The first kappa shape index (κ1) is 19.4. The summed E-state index contributed by atoms with van der Waals surface area (Å²) in [5, 5.41) is 2.75. The van der Waals surface area contributed by atoms with E-state index in [1.54, 1.807) is 6.07 Å². The first-order valence-electron chi connectivity index (χ1n) is 8.95. The number of benzene rings is 2. The van der Waals surface area contributed by atoms with Gasteiger partial charge in [-0.15, -0.1) is 0 Å². The molecule has 7 nitrogen and oxygen atoms in total. The molecule has 0 spiro atoms. The third-order valence-corrected chi connectivity index (χ3v) is 4.60. The number of ether oxygens (including phenoxy) is 2. The van der Waals surface area contributed by atoms with Gasteiger partial charge in [-0.05, 0) is 42.7 Å². The van der Waals surface area contributed by atoms with Gasteiger partial charge in [0.1, 0.15) is 12.6 Å². The topological polar surface area (TPSA) is 84.9 Å². The van der Waals surface area contributed by atoms with Crippen molar-refractivity contribution in [3.05, 3.63) is 65.2 Å². The van der Waals surface area contributed by atoms with Gasteiger partial charge in [-0.3, -0.25) is 9.69 Å². The summed E-state index contributed by atoms with van der Waals surface area (Å²) in [6.45, 7) is 3.78. The summed E-state index contributed by atoms with van der Waals surface area (Å²) in [5.74, 6) is -1.00. The Morgan fingerprint density at radius 3 is 2.61 bits per heavy atom. The Bertz CT molecular complexity index is 882. The molecule has 2 aromatic carbocycles. The third kappa shape index (κ3) is 4.68. The van der Waals surface area contributed by atoms with Crippen LogP contribution in [0.1, 0.15) is 23.1 Å². The molecule has 0 radical (unpaired) electrons. The molecule has 2 aromatic rings. The van der Waals surface area contributed by atoms with Gasteiger partial charge in [0.25, 0.3) is 0 Å². The summed E-state index contributed by atoms with van der Waals surface area (Å²) >= 11 is 0. The maximum atomic E-state index is 12.4. The number of hydrogen-bond acceptors (Lipinski definition) is 5. The number of cyclic esters (lactones) is 1. The van der Waals surface area contributed by atoms with Crippen molar-refractivity contribution in [1.82, 2.24) is 4.90 Å². The maximum Gasteiger partial charge on any atom is 0.413 e. The molecule has 2 amide bonds. The number of aryl methyl sites for hydroxylation is 2. The van der Waals surface area contributed by atoms with E-state index in [9.17, 15) is 14.4 Å². The smallest absolute Gasteiger partial charge is 0.413 e. The lowest BCUT2D eigenvalue weighted by molar-refractivity contribution is -0.140. The predicted molar refractivity (Wildman–Crippen MR) is 102 cm³/mol. The summed E-state index contributed by atoms with van der Waals surface area (Å²) in [6.07, 6.45) is -0.898. The molecule has 1 saturated heterocycles. The minimum Gasteiger partial charge on any atom is -0.444 e.